The van der Waals surface area contributed by atoms with E-state index >= 15 is 0 Å². The molecule has 0 aliphatic carbocycles. The largest absolute Gasteiger partial charge is 0.504 e. The number of ether oxygens (including phenoxy) is 2. The lowest BCUT2D eigenvalue weighted by Crippen LogP contribution is -2.19. The van der Waals surface area contributed by atoms with Gasteiger partial charge in [0.1, 0.15) is 0 Å². The van der Waals surface area contributed by atoms with Crippen molar-refractivity contribution in [3.05, 3.63) is 17.7 Å². The van der Waals surface area contributed by atoms with Gasteiger partial charge in [-0.2, -0.15) is 0 Å². The lowest BCUT2D eigenvalue weighted by atomic mass is 10.1. The van der Waals surface area contributed by atoms with Crippen molar-refractivity contribution in [2.75, 3.05) is 26.4 Å². The average molecular weight is 297 g/mol. The Morgan fingerprint density at radius 3 is 2.86 bits per heavy atom. The van der Waals surface area contributed by atoms with Crippen molar-refractivity contribution in [2.45, 2.75) is 31.9 Å². The first-order chi connectivity index (χ1) is 10.2. The fourth-order valence-electron chi connectivity index (χ4n) is 2.27. The molecule has 0 amide bonds. The Balaban J connectivity index is 1.56. The Kier molecular flexibility index (Phi) is 6.10. The van der Waals surface area contributed by atoms with Crippen molar-refractivity contribution in [1.82, 2.24) is 5.32 Å². The molecule has 1 aromatic carbocycles. The third-order valence-electron chi connectivity index (χ3n) is 3.50. The third-order valence-corrected chi connectivity index (χ3v) is 3.50. The van der Waals surface area contributed by atoms with E-state index in [4.69, 9.17) is 9.47 Å². The molecule has 118 valence electrons. The normalized spacial score (nSPS) is 18.2. The zero-order chi connectivity index (χ0) is 15.1. The molecule has 0 spiro atoms. The zero-order valence-electron chi connectivity index (χ0n) is 12.0. The third kappa shape index (κ3) is 4.77. The summed E-state index contributed by atoms with van der Waals surface area (Å²) < 4.78 is 11.0. The second-order valence-corrected chi connectivity index (χ2v) is 5.18. The highest BCUT2D eigenvalue weighted by Crippen LogP contribution is 2.36. The molecule has 1 heterocycles. The average Bonchev–Trinajstić information content (AvgIpc) is 2.99. The Hall–Kier alpha value is -1.50. The molecule has 4 N–H and O–H groups in total. The van der Waals surface area contributed by atoms with Crippen LogP contribution < -0.4 is 5.32 Å². The van der Waals surface area contributed by atoms with Crippen LogP contribution in [-0.2, 0) is 16.0 Å². The molecular formula is C15H23NO5. The van der Waals surface area contributed by atoms with E-state index in [0.717, 1.165) is 32.4 Å². The highest BCUT2D eigenvalue weighted by atomic mass is 16.5. The summed E-state index contributed by atoms with van der Waals surface area (Å²) in [4.78, 5) is 0. The van der Waals surface area contributed by atoms with Gasteiger partial charge < -0.3 is 30.1 Å². The van der Waals surface area contributed by atoms with Crippen molar-refractivity contribution in [1.29, 1.82) is 0 Å². The van der Waals surface area contributed by atoms with Crippen molar-refractivity contribution < 1.29 is 24.8 Å². The molecule has 1 aliphatic rings. The summed E-state index contributed by atoms with van der Waals surface area (Å²) in [5, 5.41) is 31.4. The molecule has 6 heteroatoms. The number of nitrogens with one attached hydrogen (secondary N) is 1. The van der Waals surface area contributed by atoms with E-state index < -0.39 is 5.75 Å². The van der Waals surface area contributed by atoms with E-state index in [0.29, 0.717) is 25.3 Å². The molecular weight excluding hydrogens is 274 g/mol. The fourth-order valence-corrected chi connectivity index (χ4v) is 2.27. The van der Waals surface area contributed by atoms with Gasteiger partial charge in [0.05, 0.1) is 12.7 Å². The molecule has 1 aromatic rings. The van der Waals surface area contributed by atoms with Crippen LogP contribution in [0.4, 0.5) is 0 Å². The topological polar surface area (TPSA) is 91.2 Å². The van der Waals surface area contributed by atoms with Gasteiger partial charge in [-0.15, -0.1) is 0 Å². The second kappa shape index (κ2) is 8.07. The fraction of sp³-hybridized carbons (Fsp3) is 0.600. The number of phenolic OH excluding ortho intramolecular Hbond substituents is 3. The van der Waals surface area contributed by atoms with Crippen molar-refractivity contribution >= 4 is 0 Å². The van der Waals surface area contributed by atoms with Gasteiger partial charge in [0.25, 0.3) is 0 Å². The van der Waals surface area contributed by atoms with Gasteiger partial charge in [0.2, 0.25) is 5.75 Å². The zero-order valence-corrected chi connectivity index (χ0v) is 12.0. The van der Waals surface area contributed by atoms with Crippen LogP contribution in [-0.4, -0.2) is 47.8 Å². The van der Waals surface area contributed by atoms with Crippen LogP contribution in [0.15, 0.2) is 12.1 Å². The molecule has 1 unspecified atom stereocenters. The summed E-state index contributed by atoms with van der Waals surface area (Å²) in [6.07, 6.45) is 3.33. The first-order valence-corrected chi connectivity index (χ1v) is 7.31. The Labute approximate surface area is 124 Å². The van der Waals surface area contributed by atoms with E-state index in [9.17, 15) is 15.3 Å². The maximum absolute atomic E-state index is 9.65. The minimum Gasteiger partial charge on any atom is -0.504 e. The van der Waals surface area contributed by atoms with Crippen molar-refractivity contribution in [3.8, 4) is 17.2 Å². The molecule has 0 radical (unpaired) electrons. The standard InChI is InChI=1S/C15H23NO5/c17-13-5-4-11(14(18)15(13)19)9-16-6-2-7-20-10-12-3-1-8-21-12/h4-5,12,16-19H,1-3,6-10H2. The van der Waals surface area contributed by atoms with Crippen LogP contribution in [0.25, 0.3) is 0 Å². The summed E-state index contributed by atoms with van der Waals surface area (Å²) in [5.74, 6) is -1.08. The Morgan fingerprint density at radius 2 is 2.10 bits per heavy atom. The summed E-state index contributed by atoms with van der Waals surface area (Å²) in [5.41, 5.74) is 0.547. The predicted octanol–water partition coefficient (Wildman–Crippen LogP) is 1.48. The van der Waals surface area contributed by atoms with Gasteiger partial charge in [0.15, 0.2) is 11.5 Å². The number of hydrogen-bond donors (Lipinski definition) is 4. The van der Waals surface area contributed by atoms with Crippen LogP contribution in [0.3, 0.4) is 0 Å². The van der Waals surface area contributed by atoms with Crippen LogP contribution in [0.1, 0.15) is 24.8 Å². The molecule has 1 fully saturated rings. The van der Waals surface area contributed by atoms with E-state index in [1.165, 1.54) is 6.07 Å². The lowest BCUT2D eigenvalue weighted by molar-refractivity contribution is 0.0166. The monoisotopic (exact) mass is 297 g/mol. The first-order valence-electron chi connectivity index (χ1n) is 7.31. The molecule has 1 saturated heterocycles. The van der Waals surface area contributed by atoms with Crippen LogP contribution >= 0.6 is 0 Å². The SMILES string of the molecule is Oc1ccc(CNCCCOCC2CCCO2)c(O)c1O. The molecule has 1 aliphatic heterocycles. The number of aromatic hydroxyl groups is 3. The minimum absolute atomic E-state index is 0.259. The van der Waals surface area contributed by atoms with E-state index in [2.05, 4.69) is 5.32 Å². The molecule has 2 rings (SSSR count). The van der Waals surface area contributed by atoms with Gasteiger partial charge >= 0.3 is 0 Å². The molecule has 0 aromatic heterocycles. The van der Waals surface area contributed by atoms with E-state index in [1.807, 2.05) is 0 Å². The molecule has 21 heavy (non-hydrogen) atoms. The Bertz CT molecular complexity index is 446. The van der Waals surface area contributed by atoms with Crippen LogP contribution in [0.2, 0.25) is 0 Å². The van der Waals surface area contributed by atoms with Gasteiger partial charge in [-0.3, -0.25) is 0 Å². The lowest BCUT2D eigenvalue weighted by Gasteiger charge is -2.11. The maximum Gasteiger partial charge on any atom is 0.200 e. The second-order valence-electron chi connectivity index (χ2n) is 5.18. The van der Waals surface area contributed by atoms with Crippen LogP contribution in [0, 0.1) is 0 Å². The minimum atomic E-state index is -0.478. The molecule has 0 saturated carbocycles. The summed E-state index contributed by atoms with van der Waals surface area (Å²) in [6.45, 7) is 3.34. The van der Waals surface area contributed by atoms with E-state index in [1.54, 1.807) is 6.07 Å². The smallest absolute Gasteiger partial charge is 0.200 e. The maximum atomic E-state index is 9.65. The van der Waals surface area contributed by atoms with E-state index in [-0.39, 0.29) is 17.6 Å². The van der Waals surface area contributed by atoms with Crippen molar-refractivity contribution in [3.63, 3.8) is 0 Å². The highest BCUT2D eigenvalue weighted by Gasteiger charge is 2.15. The summed E-state index contributed by atoms with van der Waals surface area (Å²) in [6, 6.07) is 2.93. The van der Waals surface area contributed by atoms with Gasteiger partial charge in [-0.05, 0) is 31.9 Å². The van der Waals surface area contributed by atoms with Gasteiger partial charge in [-0.1, -0.05) is 6.07 Å². The number of hydrogen-bond acceptors (Lipinski definition) is 6. The van der Waals surface area contributed by atoms with Gasteiger partial charge in [-0.25, -0.2) is 0 Å². The molecule has 0 bridgehead atoms. The Morgan fingerprint density at radius 1 is 1.24 bits per heavy atom. The number of phenols is 3. The predicted molar refractivity (Wildman–Crippen MR) is 77.6 cm³/mol. The quantitative estimate of drug-likeness (QED) is 0.429. The molecule has 6 nitrogen and oxygen atoms in total. The van der Waals surface area contributed by atoms with Gasteiger partial charge in [0, 0.05) is 25.3 Å². The summed E-state index contributed by atoms with van der Waals surface area (Å²) >= 11 is 0. The first kappa shape index (κ1) is 15.9. The number of rotatable bonds is 8. The summed E-state index contributed by atoms with van der Waals surface area (Å²) in [7, 11) is 0. The highest BCUT2D eigenvalue weighted by molar-refractivity contribution is 5.52. The molecule has 1 atom stereocenters. The van der Waals surface area contributed by atoms with Crippen molar-refractivity contribution in [2.24, 2.45) is 0 Å². The van der Waals surface area contributed by atoms with Crippen LogP contribution in [0.5, 0.6) is 17.2 Å². The number of benzene rings is 1.